The van der Waals surface area contributed by atoms with Crippen LogP contribution < -0.4 is 10.1 Å². The van der Waals surface area contributed by atoms with E-state index in [-0.39, 0.29) is 0 Å². The fourth-order valence-electron chi connectivity index (χ4n) is 1.62. The van der Waals surface area contributed by atoms with Crippen molar-refractivity contribution in [3.63, 3.8) is 0 Å². The second-order valence-electron chi connectivity index (χ2n) is 4.00. The molecule has 2 aromatic rings. The summed E-state index contributed by atoms with van der Waals surface area (Å²) >= 11 is 0. The largest absolute Gasteiger partial charge is 0.486 e. The lowest BCUT2D eigenvalue weighted by molar-refractivity contribution is 0.268. The maximum absolute atomic E-state index is 5.67. The summed E-state index contributed by atoms with van der Waals surface area (Å²) in [5.41, 5.74) is 2.37. The highest BCUT2D eigenvalue weighted by Crippen LogP contribution is 2.16. The standard InChI is InChI=1S/C14H17NO2/c1-11-3-5-13(6-4-11)17-10-14-12(9-15-2)7-8-16-14/h3-8,15H,9-10H2,1-2H3. The summed E-state index contributed by atoms with van der Waals surface area (Å²) in [6, 6.07) is 9.97. The molecule has 1 aromatic carbocycles. The van der Waals surface area contributed by atoms with Gasteiger partial charge in [0.15, 0.2) is 0 Å². The van der Waals surface area contributed by atoms with Crippen molar-refractivity contribution in [1.82, 2.24) is 5.32 Å². The minimum atomic E-state index is 0.465. The van der Waals surface area contributed by atoms with E-state index in [1.165, 1.54) is 5.56 Å². The third-order valence-corrected chi connectivity index (χ3v) is 2.60. The highest BCUT2D eigenvalue weighted by atomic mass is 16.5. The normalized spacial score (nSPS) is 10.5. The van der Waals surface area contributed by atoms with Crippen molar-refractivity contribution < 1.29 is 9.15 Å². The Hall–Kier alpha value is -1.74. The van der Waals surface area contributed by atoms with Crippen LogP contribution in [0.25, 0.3) is 0 Å². The van der Waals surface area contributed by atoms with E-state index in [9.17, 15) is 0 Å². The zero-order valence-electron chi connectivity index (χ0n) is 10.2. The maximum Gasteiger partial charge on any atom is 0.146 e. The molecule has 1 heterocycles. The van der Waals surface area contributed by atoms with E-state index in [0.29, 0.717) is 6.61 Å². The summed E-state index contributed by atoms with van der Waals surface area (Å²) in [4.78, 5) is 0. The Labute approximate surface area is 101 Å². The molecule has 0 aliphatic heterocycles. The Balaban J connectivity index is 1.97. The molecule has 0 unspecified atom stereocenters. The molecule has 0 saturated heterocycles. The Morgan fingerprint density at radius 2 is 1.94 bits per heavy atom. The van der Waals surface area contributed by atoms with Crippen molar-refractivity contribution in [3.8, 4) is 5.75 Å². The van der Waals surface area contributed by atoms with E-state index in [4.69, 9.17) is 9.15 Å². The molecule has 3 heteroatoms. The Morgan fingerprint density at radius 3 is 2.65 bits per heavy atom. The van der Waals surface area contributed by atoms with Crippen molar-refractivity contribution in [2.45, 2.75) is 20.1 Å². The molecular formula is C14H17NO2. The molecular weight excluding hydrogens is 214 g/mol. The van der Waals surface area contributed by atoms with Crippen LogP contribution in [0.15, 0.2) is 41.0 Å². The SMILES string of the molecule is CNCc1ccoc1COc1ccc(C)cc1. The van der Waals surface area contributed by atoms with Gasteiger partial charge in [-0.3, -0.25) is 0 Å². The van der Waals surface area contributed by atoms with Crippen LogP contribution in [0.4, 0.5) is 0 Å². The van der Waals surface area contributed by atoms with Crippen LogP contribution in [0.2, 0.25) is 0 Å². The first-order valence-corrected chi connectivity index (χ1v) is 5.69. The molecule has 0 spiro atoms. The molecule has 0 amide bonds. The summed E-state index contributed by atoms with van der Waals surface area (Å²) < 4.78 is 11.1. The van der Waals surface area contributed by atoms with Gasteiger partial charge in [0.1, 0.15) is 18.1 Å². The number of ether oxygens (including phenoxy) is 1. The molecule has 0 bridgehead atoms. The summed E-state index contributed by atoms with van der Waals surface area (Å²) in [5, 5.41) is 3.10. The predicted molar refractivity (Wildman–Crippen MR) is 67.0 cm³/mol. The van der Waals surface area contributed by atoms with E-state index in [1.54, 1.807) is 6.26 Å². The van der Waals surface area contributed by atoms with E-state index >= 15 is 0 Å². The number of aryl methyl sites for hydroxylation is 1. The number of benzene rings is 1. The minimum Gasteiger partial charge on any atom is -0.486 e. The number of hydrogen-bond donors (Lipinski definition) is 1. The van der Waals surface area contributed by atoms with Gasteiger partial charge in [0, 0.05) is 12.1 Å². The first kappa shape index (κ1) is 11.7. The molecule has 2 rings (SSSR count). The highest BCUT2D eigenvalue weighted by Gasteiger charge is 2.06. The fraction of sp³-hybridized carbons (Fsp3) is 0.286. The van der Waals surface area contributed by atoms with Crippen molar-refractivity contribution in [2.75, 3.05) is 7.05 Å². The zero-order valence-corrected chi connectivity index (χ0v) is 10.2. The van der Waals surface area contributed by atoms with Crippen molar-refractivity contribution in [2.24, 2.45) is 0 Å². The average Bonchev–Trinajstić information content (AvgIpc) is 2.77. The van der Waals surface area contributed by atoms with Gasteiger partial charge in [0.05, 0.1) is 6.26 Å². The lowest BCUT2D eigenvalue weighted by Crippen LogP contribution is -2.07. The quantitative estimate of drug-likeness (QED) is 0.859. The van der Waals surface area contributed by atoms with Crippen molar-refractivity contribution >= 4 is 0 Å². The summed E-state index contributed by atoms with van der Waals surface area (Å²) in [6.45, 7) is 3.32. The monoisotopic (exact) mass is 231 g/mol. The maximum atomic E-state index is 5.67. The van der Waals surface area contributed by atoms with Crippen LogP contribution >= 0.6 is 0 Å². The van der Waals surface area contributed by atoms with Crippen LogP contribution in [0.5, 0.6) is 5.75 Å². The van der Waals surface area contributed by atoms with Gasteiger partial charge in [-0.15, -0.1) is 0 Å². The van der Waals surface area contributed by atoms with Gasteiger partial charge in [-0.2, -0.15) is 0 Å². The molecule has 90 valence electrons. The van der Waals surface area contributed by atoms with Crippen molar-refractivity contribution in [1.29, 1.82) is 0 Å². The molecule has 0 saturated carbocycles. The summed E-state index contributed by atoms with van der Waals surface area (Å²) in [7, 11) is 1.91. The lowest BCUT2D eigenvalue weighted by atomic mass is 10.2. The zero-order chi connectivity index (χ0) is 12.1. The van der Waals surface area contributed by atoms with Crippen molar-refractivity contribution in [3.05, 3.63) is 53.5 Å². The van der Waals surface area contributed by atoms with E-state index in [0.717, 1.165) is 23.6 Å². The predicted octanol–water partition coefficient (Wildman–Crippen LogP) is 2.89. The molecule has 0 aliphatic rings. The van der Waals surface area contributed by atoms with Gasteiger partial charge < -0.3 is 14.5 Å². The third-order valence-electron chi connectivity index (χ3n) is 2.60. The molecule has 1 aromatic heterocycles. The number of rotatable bonds is 5. The van der Waals surface area contributed by atoms with Crippen LogP contribution in [-0.4, -0.2) is 7.05 Å². The molecule has 0 radical (unpaired) electrons. The van der Waals surface area contributed by atoms with Crippen LogP contribution in [0.3, 0.4) is 0 Å². The molecule has 1 N–H and O–H groups in total. The minimum absolute atomic E-state index is 0.465. The van der Waals surface area contributed by atoms with Crippen LogP contribution in [0.1, 0.15) is 16.9 Å². The van der Waals surface area contributed by atoms with E-state index in [1.807, 2.05) is 37.4 Å². The number of furan rings is 1. The number of nitrogens with one attached hydrogen (secondary N) is 1. The van der Waals surface area contributed by atoms with Gasteiger partial charge in [0.2, 0.25) is 0 Å². The molecule has 0 atom stereocenters. The smallest absolute Gasteiger partial charge is 0.146 e. The van der Waals surface area contributed by atoms with Crippen LogP contribution in [-0.2, 0) is 13.2 Å². The molecule has 3 nitrogen and oxygen atoms in total. The lowest BCUT2D eigenvalue weighted by Gasteiger charge is -2.06. The van der Waals surface area contributed by atoms with Crippen LogP contribution in [0, 0.1) is 6.92 Å². The van der Waals surface area contributed by atoms with Gasteiger partial charge >= 0.3 is 0 Å². The van der Waals surface area contributed by atoms with Gasteiger partial charge in [-0.25, -0.2) is 0 Å². The first-order valence-electron chi connectivity index (χ1n) is 5.69. The Bertz CT molecular complexity index is 459. The van der Waals surface area contributed by atoms with E-state index in [2.05, 4.69) is 12.2 Å². The second kappa shape index (κ2) is 5.55. The average molecular weight is 231 g/mol. The fourth-order valence-corrected chi connectivity index (χ4v) is 1.62. The first-order chi connectivity index (χ1) is 8.29. The molecule has 0 fully saturated rings. The molecule has 0 aliphatic carbocycles. The number of hydrogen-bond acceptors (Lipinski definition) is 3. The third kappa shape index (κ3) is 3.11. The Morgan fingerprint density at radius 1 is 1.18 bits per heavy atom. The summed E-state index contributed by atoms with van der Waals surface area (Å²) in [5.74, 6) is 1.74. The van der Waals surface area contributed by atoms with Gasteiger partial charge in [-0.05, 0) is 32.2 Å². The van der Waals surface area contributed by atoms with Gasteiger partial charge in [0.25, 0.3) is 0 Å². The van der Waals surface area contributed by atoms with Gasteiger partial charge in [-0.1, -0.05) is 17.7 Å². The topological polar surface area (TPSA) is 34.4 Å². The van der Waals surface area contributed by atoms with E-state index < -0.39 is 0 Å². The second-order valence-corrected chi connectivity index (χ2v) is 4.00. The Kier molecular flexibility index (Phi) is 3.83. The highest BCUT2D eigenvalue weighted by molar-refractivity contribution is 5.26. The summed E-state index contributed by atoms with van der Waals surface area (Å²) in [6.07, 6.45) is 1.69. The molecule has 17 heavy (non-hydrogen) atoms.